The van der Waals surface area contributed by atoms with Crippen molar-refractivity contribution in [3.63, 3.8) is 0 Å². The zero-order valence-electron chi connectivity index (χ0n) is 22.0. The molecule has 10 nitrogen and oxygen atoms in total. The highest BCUT2D eigenvalue weighted by molar-refractivity contribution is 5.96. The number of aryl methyl sites for hydroxylation is 1. The van der Waals surface area contributed by atoms with Crippen molar-refractivity contribution in [2.24, 2.45) is 5.73 Å². The number of carbonyl (C=O) groups excluding carboxylic acids is 1. The lowest BCUT2D eigenvalue weighted by molar-refractivity contribution is -0.141. The Bertz CT molecular complexity index is 1540. The fourth-order valence-electron chi connectivity index (χ4n) is 4.12. The van der Waals surface area contributed by atoms with E-state index in [0.717, 1.165) is 10.2 Å². The van der Waals surface area contributed by atoms with Crippen molar-refractivity contribution in [2.75, 3.05) is 25.1 Å². The summed E-state index contributed by atoms with van der Waals surface area (Å²) < 4.78 is 49.2. The van der Waals surface area contributed by atoms with E-state index in [9.17, 15) is 18.0 Å². The number of hydrogen-bond donors (Lipinski definition) is 3. The predicted octanol–water partition coefficient (Wildman–Crippen LogP) is 3.64. The zero-order valence-corrected chi connectivity index (χ0v) is 22.0. The third-order valence-electron chi connectivity index (χ3n) is 5.89. The van der Waals surface area contributed by atoms with Crippen molar-refractivity contribution in [2.45, 2.75) is 39.0 Å². The van der Waals surface area contributed by atoms with E-state index in [1.54, 1.807) is 12.1 Å². The largest absolute Gasteiger partial charge is 0.435 e. The van der Waals surface area contributed by atoms with E-state index in [1.165, 1.54) is 29.2 Å². The van der Waals surface area contributed by atoms with Gasteiger partial charge in [-0.05, 0) is 37.1 Å². The summed E-state index contributed by atoms with van der Waals surface area (Å²) in [7, 11) is 0. The third kappa shape index (κ3) is 6.41. The van der Waals surface area contributed by atoms with Crippen LogP contribution in [-0.4, -0.2) is 55.9 Å². The molecule has 0 radical (unpaired) electrons. The van der Waals surface area contributed by atoms with Crippen molar-refractivity contribution in [1.82, 2.24) is 29.5 Å². The molecule has 1 atom stereocenters. The van der Waals surface area contributed by atoms with E-state index in [-0.39, 0.29) is 29.8 Å². The van der Waals surface area contributed by atoms with Gasteiger partial charge in [0, 0.05) is 42.4 Å². The van der Waals surface area contributed by atoms with Crippen molar-refractivity contribution in [1.29, 1.82) is 0 Å². The minimum absolute atomic E-state index is 0.0772. The number of benzene rings is 1. The topological polar surface area (TPSA) is 124 Å². The summed E-state index contributed by atoms with van der Waals surface area (Å²) in [5.74, 6) is 2.39. The van der Waals surface area contributed by atoms with E-state index in [4.69, 9.17) is 16.9 Å². The summed E-state index contributed by atoms with van der Waals surface area (Å²) >= 11 is 0. The number of nitrogens with zero attached hydrogens (tertiary/aromatic N) is 5. The van der Waals surface area contributed by atoms with Gasteiger partial charge in [0.1, 0.15) is 6.54 Å². The van der Waals surface area contributed by atoms with E-state index in [0.29, 0.717) is 48.9 Å². The number of ether oxygens (including phenoxy) is 1. The molecule has 3 aromatic heterocycles. The number of alkyl halides is 3. The molecule has 0 saturated carbocycles. The minimum atomic E-state index is -4.69. The number of nitrogens with two attached hydrogens (primary N) is 1. The summed E-state index contributed by atoms with van der Waals surface area (Å²) in [6.45, 7) is 4.77. The van der Waals surface area contributed by atoms with Gasteiger partial charge in [-0.25, -0.2) is 9.97 Å². The molecule has 1 amide bonds. The maximum absolute atomic E-state index is 13.7. The van der Waals surface area contributed by atoms with E-state index >= 15 is 0 Å². The van der Waals surface area contributed by atoms with Gasteiger partial charge >= 0.3 is 6.18 Å². The van der Waals surface area contributed by atoms with Crippen LogP contribution in [0.4, 0.5) is 24.7 Å². The average molecular weight is 555 g/mol. The van der Waals surface area contributed by atoms with Crippen LogP contribution in [0.5, 0.6) is 0 Å². The molecule has 1 unspecified atom stereocenters. The first kappa shape index (κ1) is 28.6. The Labute approximate surface area is 228 Å². The van der Waals surface area contributed by atoms with Crippen LogP contribution in [0.3, 0.4) is 0 Å². The molecule has 4 N–H and O–H groups in total. The van der Waals surface area contributed by atoms with Crippen molar-refractivity contribution in [3.8, 4) is 23.6 Å². The summed E-state index contributed by atoms with van der Waals surface area (Å²) in [6.07, 6.45) is 6.72. The molecule has 1 aromatic carbocycles. The fourth-order valence-corrected chi connectivity index (χ4v) is 4.12. The molecule has 4 rings (SSSR count). The number of carbonyl (C=O) groups is 1. The van der Waals surface area contributed by atoms with Gasteiger partial charge in [-0.15, -0.1) is 6.42 Å². The fraction of sp³-hybridized carbons (Fsp3) is 0.333. The lowest BCUT2D eigenvalue weighted by Crippen LogP contribution is -2.30. The van der Waals surface area contributed by atoms with Crippen LogP contribution >= 0.6 is 0 Å². The quantitative estimate of drug-likeness (QED) is 0.191. The number of amides is 1. The number of fused-ring (bicyclic) bond motifs is 1. The maximum atomic E-state index is 13.7. The first-order chi connectivity index (χ1) is 19.1. The second-order valence-corrected chi connectivity index (χ2v) is 9.06. The summed E-state index contributed by atoms with van der Waals surface area (Å²) in [4.78, 5) is 21.4. The van der Waals surface area contributed by atoms with Crippen LogP contribution in [0.25, 0.3) is 16.9 Å². The highest BCUT2D eigenvalue weighted by Gasteiger charge is 2.38. The van der Waals surface area contributed by atoms with Crippen molar-refractivity contribution in [3.05, 3.63) is 59.8 Å². The Morgan fingerprint density at radius 1 is 1.30 bits per heavy atom. The van der Waals surface area contributed by atoms with Gasteiger partial charge in [-0.3, -0.25) is 13.9 Å². The first-order valence-corrected chi connectivity index (χ1v) is 12.5. The summed E-state index contributed by atoms with van der Waals surface area (Å²) in [6, 6.07) is 5.17. The smallest absolute Gasteiger partial charge is 0.378 e. The molecule has 0 aliphatic carbocycles. The third-order valence-corrected chi connectivity index (χ3v) is 5.89. The molecule has 40 heavy (non-hydrogen) atoms. The highest BCUT2D eigenvalue weighted by Crippen LogP contribution is 2.37. The molecule has 3 heterocycles. The SMILES string of the molecule is C#CCn1cc(-c2cnc3c(Nc4ccc(C(=O)NCCOCC(C)N)c(CC)c4)nccn23)c(C(F)(F)F)n1. The normalized spacial score (nSPS) is 12.3. The lowest BCUT2D eigenvalue weighted by Gasteiger charge is -2.13. The molecule has 0 bridgehead atoms. The number of imidazole rings is 1. The molecule has 210 valence electrons. The number of terminal acetylenes is 1. The number of anilines is 2. The Balaban J connectivity index is 1.57. The predicted molar refractivity (Wildman–Crippen MR) is 144 cm³/mol. The van der Waals surface area contributed by atoms with Gasteiger partial charge in [0.25, 0.3) is 5.91 Å². The average Bonchev–Trinajstić information content (AvgIpc) is 3.53. The van der Waals surface area contributed by atoms with Crippen molar-refractivity contribution < 1.29 is 22.7 Å². The molecule has 0 aliphatic rings. The molecule has 0 fully saturated rings. The Morgan fingerprint density at radius 2 is 2.10 bits per heavy atom. The molecule has 0 spiro atoms. The van der Waals surface area contributed by atoms with Crippen molar-refractivity contribution >= 4 is 23.1 Å². The van der Waals surface area contributed by atoms with Gasteiger partial charge in [0.2, 0.25) is 0 Å². The van der Waals surface area contributed by atoms with Crippen LogP contribution in [0.1, 0.15) is 35.5 Å². The second kappa shape index (κ2) is 12.2. The monoisotopic (exact) mass is 554 g/mol. The molecular formula is C27H29F3N8O2. The number of hydrogen-bond acceptors (Lipinski definition) is 7. The van der Waals surface area contributed by atoms with E-state index < -0.39 is 11.9 Å². The first-order valence-electron chi connectivity index (χ1n) is 12.5. The molecule has 0 aliphatic heterocycles. The minimum Gasteiger partial charge on any atom is -0.378 e. The Hall–Kier alpha value is -4.41. The molecule has 0 saturated heterocycles. The van der Waals surface area contributed by atoms with Crippen LogP contribution < -0.4 is 16.4 Å². The number of nitrogens with one attached hydrogen (secondary N) is 2. The number of aromatic nitrogens is 5. The Kier molecular flexibility index (Phi) is 8.71. The summed E-state index contributed by atoms with van der Waals surface area (Å²) in [5.41, 5.74) is 6.88. The molecular weight excluding hydrogens is 525 g/mol. The van der Waals surface area contributed by atoms with Gasteiger partial charge in [-0.2, -0.15) is 18.3 Å². The maximum Gasteiger partial charge on any atom is 0.435 e. The molecule has 13 heteroatoms. The highest BCUT2D eigenvalue weighted by atomic mass is 19.4. The number of halogens is 3. The van der Waals surface area contributed by atoms with Crippen LogP contribution in [0.15, 0.2) is 43.0 Å². The standard InChI is InChI=1S/C27H29F3N8O2/c1-4-10-37-15-21(23(36-37)27(28,29)30)22-14-34-25-24(32-8-11-38(22)25)35-19-6-7-20(18(5-2)13-19)26(39)33-9-12-40-16-17(3)31/h1,6-8,11,13-15,17H,5,9-10,12,16,31H2,2-3H3,(H,32,35)(H,33,39). The van der Waals surface area contributed by atoms with Gasteiger partial charge in [0.15, 0.2) is 17.2 Å². The van der Waals surface area contributed by atoms with Gasteiger partial charge in [0.05, 0.1) is 30.7 Å². The zero-order chi connectivity index (χ0) is 28.9. The van der Waals surface area contributed by atoms with Crippen LogP contribution in [-0.2, 0) is 23.9 Å². The number of rotatable bonds is 11. The van der Waals surface area contributed by atoms with E-state index in [1.807, 2.05) is 19.9 Å². The van der Waals surface area contributed by atoms with Gasteiger partial charge < -0.3 is 21.1 Å². The molecule has 4 aromatic rings. The Morgan fingerprint density at radius 3 is 2.80 bits per heavy atom. The van der Waals surface area contributed by atoms with Crippen LogP contribution in [0, 0.1) is 12.3 Å². The van der Waals surface area contributed by atoms with Crippen LogP contribution in [0.2, 0.25) is 0 Å². The van der Waals surface area contributed by atoms with E-state index in [2.05, 4.69) is 31.6 Å². The lowest BCUT2D eigenvalue weighted by atomic mass is 10.0. The van der Waals surface area contributed by atoms with Gasteiger partial charge in [-0.1, -0.05) is 12.8 Å². The second-order valence-electron chi connectivity index (χ2n) is 9.06. The summed E-state index contributed by atoms with van der Waals surface area (Å²) in [5, 5.41) is 9.63.